The normalized spacial score (nSPS) is 19.4. The zero-order valence-electron chi connectivity index (χ0n) is 19.2. The molecule has 1 aromatic rings. The molecular weight excluding hydrogens is 501 g/mol. The van der Waals surface area contributed by atoms with Gasteiger partial charge in [-0.15, -0.1) is 24.0 Å². The Bertz CT molecular complexity index is 711. The molecule has 1 atom stereocenters. The monoisotopic (exact) mass is 541 g/mol. The molecule has 0 aliphatic carbocycles. The van der Waals surface area contributed by atoms with E-state index in [9.17, 15) is 4.79 Å². The van der Waals surface area contributed by atoms with Crippen molar-refractivity contribution in [2.45, 2.75) is 64.5 Å². The number of guanidine groups is 1. The third-order valence-corrected chi connectivity index (χ3v) is 6.42. The molecule has 7 heteroatoms. The van der Waals surface area contributed by atoms with Gasteiger partial charge in [0, 0.05) is 52.2 Å². The van der Waals surface area contributed by atoms with E-state index < -0.39 is 0 Å². The standard InChI is InChI=1S/C24H39N5O.HI/c1-20-9-5-6-16-28(20)17-8-15-27-24(25-2)26-14-7-12-23(30)29-18-13-21-10-3-4-11-22(21)19-29;/h3-4,10-11,20H,5-9,12-19H2,1-2H3,(H2,25,26,27);1H. The number of fused-ring (bicyclic) bond motifs is 1. The van der Waals surface area contributed by atoms with Crippen LogP contribution in [-0.2, 0) is 17.8 Å². The Morgan fingerprint density at radius 1 is 1.10 bits per heavy atom. The summed E-state index contributed by atoms with van der Waals surface area (Å²) in [4.78, 5) is 21.5. The molecule has 2 heterocycles. The molecule has 1 unspecified atom stereocenters. The number of nitrogens with one attached hydrogen (secondary N) is 2. The average Bonchev–Trinajstić information content (AvgIpc) is 2.78. The maximum Gasteiger partial charge on any atom is 0.222 e. The van der Waals surface area contributed by atoms with Crippen molar-refractivity contribution < 1.29 is 4.79 Å². The zero-order valence-corrected chi connectivity index (χ0v) is 21.6. The third kappa shape index (κ3) is 8.25. The Kier molecular flexibility index (Phi) is 11.6. The Labute approximate surface area is 205 Å². The van der Waals surface area contributed by atoms with E-state index in [4.69, 9.17) is 0 Å². The van der Waals surface area contributed by atoms with E-state index in [0.717, 1.165) is 64.0 Å². The van der Waals surface area contributed by atoms with Crippen LogP contribution in [0.5, 0.6) is 0 Å². The molecular formula is C24H40IN5O. The minimum Gasteiger partial charge on any atom is -0.356 e. The lowest BCUT2D eigenvalue weighted by Gasteiger charge is -2.33. The molecule has 174 valence electrons. The molecule has 1 amide bonds. The van der Waals surface area contributed by atoms with Gasteiger partial charge in [0.25, 0.3) is 0 Å². The first-order valence-corrected chi connectivity index (χ1v) is 11.7. The number of amides is 1. The second-order valence-corrected chi connectivity index (χ2v) is 8.60. The maximum atomic E-state index is 12.6. The zero-order chi connectivity index (χ0) is 21.2. The Hall–Kier alpha value is -1.35. The van der Waals surface area contributed by atoms with E-state index >= 15 is 0 Å². The molecule has 31 heavy (non-hydrogen) atoms. The van der Waals surface area contributed by atoms with Gasteiger partial charge in [-0.25, -0.2) is 0 Å². The van der Waals surface area contributed by atoms with E-state index in [0.29, 0.717) is 6.42 Å². The quantitative estimate of drug-likeness (QED) is 0.229. The van der Waals surface area contributed by atoms with E-state index in [1.54, 1.807) is 7.05 Å². The number of hydrogen-bond donors (Lipinski definition) is 2. The second kappa shape index (κ2) is 13.9. The number of nitrogens with zero attached hydrogens (tertiary/aromatic N) is 3. The summed E-state index contributed by atoms with van der Waals surface area (Å²) in [6.45, 7) is 8.01. The highest BCUT2D eigenvalue weighted by Crippen LogP contribution is 2.19. The summed E-state index contributed by atoms with van der Waals surface area (Å²) in [5.41, 5.74) is 2.67. The van der Waals surface area contributed by atoms with Gasteiger partial charge >= 0.3 is 0 Å². The number of piperidine rings is 1. The molecule has 0 radical (unpaired) electrons. The molecule has 1 aromatic carbocycles. The van der Waals surface area contributed by atoms with Crippen LogP contribution in [0.4, 0.5) is 0 Å². The molecule has 3 rings (SSSR count). The molecule has 0 spiro atoms. The molecule has 2 N–H and O–H groups in total. The number of benzene rings is 1. The Balaban J connectivity index is 0.00000341. The van der Waals surface area contributed by atoms with Gasteiger partial charge < -0.3 is 20.4 Å². The number of aliphatic imine (C=N–C) groups is 1. The fraction of sp³-hybridized carbons (Fsp3) is 0.667. The molecule has 0 bridgehead atoms. The number of carbonyl (C=O) groups excluding carboxylic acids is 1. The topological polar surface area (TPSA) is 60.0 Å². The molecule has 2 aliphatic rings. The summed E-state index contributed by atoms with van der Waals surface area (Å²) < 4.78 is 0. The first-order valence-electron chi connectivity index (χ1n) is 11.7. The van der Waals surface area contributed by atoms with Crippen LogP contribution in [0.25, 0.3) is 0 Å². The molecule has 1 saturated heterocycles. The van der Waals surface area contributed by atoms with Crippen molar-refractivity contribution in [1.82, 2.24) is 20.4 Å². The van der Waals surface area contributed by atoms with E-state index in [2.05, 4.69) is 51.7 Å². The van der Waals surface area contributed by atoms with E-state index in [1.807, 2.05) is 4.90 Å². The molecule has 0 saturated carbocycles. The highest BCUT2D eigenvalue weighted by Gasteiger charge is 2.20. The van der Waals surface area contributed by atoms with Gasteiger partial charge in [-0.2, -0.15) is 0 Å². The molecule has 1 fully saturated rings. The molecule has 2 aliphatic heterocycles. The first kappa shape index (κ1) is 25.9. The van der Waals surface area contributed by atoms with Gasteiger partial charge in [0.1, 0.15) is 0 Å². The summed E-state index contributed by atoms with van der Waals surface area (Å²) in [7, 11) is 1.80. The van der Waals surface area contributed by atoms with Crippen molar-refractivity contribution >= 4 is 35.8 Å². The summed E-state index contributed by atoms with van der Waals surface area (Å²) in [5, 5.41) is 6.75. The average molecular weight is 542 g/mol. The summed E-state index contributed by atoms with van der Waals surface area (Å²) >= 11 is 0. The minimum absolute atomic E-state index is 0. The van der Waals surface area contributed by atoms with Crippen LogP contribution in [0.2, 0.25) is 0 Å². The number of carbonyl (C=O) groups is 1. The van der Waals surface area contributed by atoms with Crippen LogP contribution in [0.3, 0.4) is 0 Å². The second-order valence-electron chi connectivity index (χ2n) is 8.60. The summed E-state index contributed by atoms with van der Waals surface area (Å²) in [6.07, 6.45) is 7.54. The third-order valence-electron chi connectivity index (χ3n) is 6.42. The van der Waals surface area contributed by atoms with Crippen molar-refractivity contribution in [2.24, 2.45) is 4.99 Å². The molecule has 6 nitrogen and oxygen atoms in total. The lowest BCUT2D eigenvalue weighted by atomic mass is 9.99. The van der Waals surface area contributed by atoms with Crippen molar-refractivity contribution in [1.29, 1.82) is 0 Å². The van der Waals surface area contributed by atoms with Crippen LogP contribution in [0.15, 0.2) is 29.3 Å². The first-order chi connectivity index (χ1) is 14.7. The van der Waals surface area contributed by atoms with Gasteiger partial charge in [0.2, 0.25) is 5.91 Å². The van der Waals surface area contributed by atoms with Crippen LogP contribution in [0, 0.1) is 0 Å². The SMILES string of the molecule is CN=C(NCCCC(=O)N1CCc2ccccc2C1)NCCCN1CCCCC1C.I. The minimum atomic E-state index is 0. The van der Waals surface area contributed by atoms with Gasteiger partial charge in [0.05, 0.1) is 0 Å². The summed E-state index contributed by atoms with van der Waals surface area (Å²) in [6, 6.07) is 9.17. The van der Waals surface area contributed by atoms with Gasteiger partial charge in [-0.1, -0.05) is 30.7 Å². The van der Waals surface area contributed by atoms with Crippen molar-refractivity contribution in [2.75, 3.05) is 39.8 Å². The fourth-order valence-electron chi connectivity index (χ4n) is 4.51. The highest BCUT2D eigenvalue weighted by atomic mass is 127. The van der Waals surface area contributed by atoms with Crippen molar-refractivity contribution in [3.8, 4) is 0 Å². The van der Waals surface area contributed by atoms with Crippen molar-refractivity contribution in [3.63, 3.8) is 0 Å². The van der Waals surface area contributed by atoms with Gasteiger partial charge in [-0.05, 0) is 56.7 Å². The largest absolute Gasteiger partial charge is 0.356 e. The van der Waals surface area contributed by atoms with Crippen LogP contribution in [-0.4, -0.2) is 67.5 Å². The predicted molar refractivity (Wildman–Crippen MR) is 139 cm³/mol. The van der Waals surface area contributed by atoms with Crippen LogP contribution < -0.4 is 10.6 Å². The molecule has 0 aromatic heterocycles. The van der Waals surface area contributed by atoms with Crippen LogP contribution >= 0.6 is 24.0 Å². The van der Waals surface area contributed by atoms with Crippen molar-refractivity contribution in [3.05, 3.63) is 35.4 Å². The predicted octanol–water partition coefficient (Wildman–Crippen LogP) is 3.40. The van der Waals surface area contributed by atoms with E-state index in [1.165, 1.54) is 36.9 Å². The Morgan fingerprint density at radius 2 is 1.84 bits per heavy atom. The number of likely N-dealkylation sites (tertiary alicyclic amines) is 1. The number of halogens is 1. The lowest BCUT2D eigenvalue weighted by molar-refractivity contribution is -0.132. The maximum absolute atomic E-state index is 12.6. The van der Waals surface area contributed by atoms with Gasteiger partial charge in [0.15, 0.2) is 5.96 Å². The summed E-state index contributed by atoms with van der Waals surface area (Å²) in [5.74, 6) is 1.09. The number of hydrogen-bond acceptors (Lipinski definition) is 3. The number of rotatable bonds is 8. The van der Waals surface area contributed by atoms with Gasteiger partial charge in [-0.3, -0.25) is 9.79 Å². The Morgan fingerprint density at radius 3 is 2.58 bits per heavy atom. The lowest BCUT2D eigenvalue weighted by Crippen LogP contribution is -2.41. The van der Waals surface area contributed by atoms with E-state index in [-0.39, 0.29) is 29.9 Å². The van der Waals surface area contributed by atoms with Crippen LogP contribution in [0.1, 0.15) is 56.6 Å². The fourth-order valence-corrected chi connectivity index (χ4v) is 4.51. The highest BCUT2D eigenvalue weighted by molar-refractivity contribution is 14.0. The smallest absolute Gasteiger partial charge is 0.222 e.